The number of Topliss-reactive ketones (excluding diaryl/α,β-unsaturated/α-hetero) is 1. The molecule has 2 saturated heterocycles. The Morgan fingerprint density at radius 2 is 1.31 bits per heavy atom. The van der Waals surface area contributed by atoms with Crippen LogP contribution in [0.4, 0.5) is 0 Å². The molecule has 0 saturated carbocycles. The van der Waals surface area contributed by atoms with Gasteiger partial charge in [-0.15, -0.1) is 0 Å². The summed E-state index contributed by atoms with van der Waals surface area (Å²) >= 11 is 0. The molecule has 4 N–H and O–H groups in total. The maximum atomic E-state index is 12.6. The highest BCUT2D eigenvalue weighted by Crippen LogP contribution is 2.30. The molecule has 2 rings (SSSR count). The fourth-order valence-electron chi connectivity index (χ4n) is 3.13. The maximum Gasteiger partial charge on any atom is 0.268 e. The zero-order valence-electron chi connectivity index (χ0n) is 21.0. The Labute approximate surface area is 204 Å². The molecule has 2 aliphatic heterocycles. The third kappa shape index (κ3) is 8.89. The van der Waals surface area contributed by atoms with Gasteiger partial charge in [0.15, 0.2) is 5.60 Å². The van der Waals surface area contributed by atoms with E-state index >= 15 is 0 Å². The lowest BCUT2D eigenvalue weighted by molar-refractivity contribution is -0.128. The molecule has 1 atom stereocenters. The van der Waals surface area contributed by atoms with Gasteiger partial charge in [-0.2, -0.15) is 0 Å². The second-order valence-corrected chi connectivity index (χ2v) is 9.04. The number of amides is 4. The van der Waals surface area contributed by atoms with Crippen LogP contribution in [0.25, 0.3) is 0 Å². The number of epoxide rings is 1. The summed E-state index contributed by atoms with van der Waals surface area (Å²) in [5.41, 5.74) is 0.296. The van der Waals surface area contributed by atoms with Gasteiger partial charge in [-0.1, -0.05) is 0 Å². The van der Waals surface area contributed by atoms with Gasteiger partial charge >= 0.3 is 0 Å². The number of carbonyl (C=O) groups excluding carboxylic acids is 5. The van der Waals surface area contributed by atoms with Gasteiger partial charge in [0.25, 0.3) is 5.91 Å². The van der Waals surface area contributed by atoms with Crippen molar-refractivity contribution in [3.63, 3.8) is 0 Å². The average molecular weight is 494 g/mol. The maximum absolute atomic E-state index is 12.6. The van der Waals surface area contributed by atoms with Crippen molar-refractivity contribution in [1.29, 1.82) is 0 Å². The van der Waals surface area contributed by atoms with E-state index in [9.17, 15) is 24.0 Å². The number of ketones is 1. The molecular weight excluding hydrogens is 458 g/mol. The van der Waals surface area contributed by atoms with Gasteiger partial charge in [-0.25, -0.2) is 0 Å². The van der Waals surface area contributed by atoms with Gasteiger partial charge in [-0.05, 0) is 45.8 Å². The fourth-order valence-corrected chi connectivity index (χ4v) is 3.13. The Bertz CT molecular complexity index is 923. The highest BCUT2D eigenvalue weighted by atomic mass is 16.6. The molecule has 35 heavy (non-hydrogen) atoms. The van der Waals surface area contributed by atoms with Crippen molar-refractivity contribution in [3.05, 3.63) is 22.5 Å². The van der Waals surface area contributed by atoms with Crippen LogP contribution in [0.15, 0.2) is 22.5 Å². The molecule has 0 radical (unpaired) electrons. The number of ether oxygens (including phenoxy) is 2. The molecule has 2 aliphatic rings. The summed E-state index contributed by atoms with van der Waals surface area (Å²) in [6.07, 6.45) is 0. The van der Waals surface area contributed by atoms with Crippen LogP contribution in [0.1, 0.15) is 34.6 Å². The largest absolute Gasteiger partial charge is 0.379 e. The van der Waals surface area contributed by atoms with E-state index in [2.05, 4.69) is 21.3 Å². The summed E-state index contributed by atoms with van der Waals surface area (Å²) in [6.45, 7) is 10.4. The van der Waals surface area contributed by atoms with Gasteiger partial charge in [0.05, 0.1) is 45.2 Å². The van der Waals surface area contributed by atoms with E-state index in [0.29, 0.717) is 37.4 Å². The van der Waals surface area contributed by atoms with Crippen LogP contribution in [0.5, 0.6) is 0 Å². The van der Waals surface area contributed by atoms with E-state index in [1.165, 1.54) is 0 Å². The van der Waals surface area contributed by atoms with E-state index in [0.717, 1.165) is 0 Å². The number of nitrogens with one attached hydrogen (secondary N) is 4. The molecule has 1 unspecified atom stereocenters. The molecule has 0 spiro atoms. The van der Waals surface area contributed by atoms with Crippen LogP contribution in [-0.2, 0) is 33.4 Å². The predicted octanol–water partition coefficient (Wildman–Crippen LogP) is -1.27. The van der Waals surface area contributed by atoms with E-state index in [1.807, 2.05) is 4.90 Å². The smallest absolute Gasteiger partial charge is 0.268 e. The third-order valence-corrected chi connectivity index (χ3v) is 5.37. The summed E-state index contributed by atoms with van der Waals surface area (Å²) in [5.74, 6) is -2.48. The number of rotatable bonds is 11. The molecule has 2 heterocycles. The first kappa shape index (κ1) is 28.1. The molecule has 4 amide bonds. The average Bonchev–Trinajstić information content (AvgIpc) is 3.56. The van der Waals surface area contributed by atoms with Gasteiger partial charge in [0.1, 0.15) is 5.70 Å². The van der Waals surface area contributed by atoms with Crippen LogP contribution in [0.2, 0.25) is 0 Å². The summed E-state index contributed by atoms with van der Waals surface area (Å²) in [7, 11) is 0. The summed E-state index contributed by atoms with van der Waals surface area (Å²) in [6, 6.07) is 0. The molecule has 0 aromatic rings. The van der Waals surface area contributed by atoms with Gasteiger partial charge < -0.3 is 30.7 Å². The molecular formula is C23H35N5O7. The molecule has 0 aliphatic carbocycles. The minimum absolute atomic E-state index is 0.0253. The van der Waals surface area contributed by atoms with Crippen molar-refractivity contribution < 1.29 is 33.4 Å². The summed E-state index contributed by atoms with van der Waals surface area (Å²) in [5, 5.41) is 9.96. The number of hydrogen-bond acceptors (Lipinski definition) is 8. The highest BCUT2D eigenvalue weighted by molar-refractivity contribution is 6.06. The van der Waals surface area contributed by atoms with Crippen molar-refractivity contribution in [2.75, 3.05) is 52.5 Å². The molecule has 0 bridgehead atoms. The zero-order valence-corrected chi connectivity index (χ0v) is 21.0. The van der Waals surface area contributed by atoms with Gasteiger partial charge in [0, 0.05) is 13.1 Å². The first-order valence-corrected chi connectivity index (χ1v) is 11.4. The van der Waals surface area contributed by atoms with Crippen LogP contribution in [-0.4, -0.2) is 92.5 Å². The number of morpholine rings is 1. The number of nitrogens with zero attached hydrogens (tertiary/aromatic N) is 1. The van der Waals surface area contributed by atoms with E-state index in [1.54, 1.807) is 34.6 Å². The monoisotopic (exact) mass is 493 g/mol. The van der Waals surface area contributed by atoms with Gasteiger partial charge in [0.2, 0.25) is 23.5 Å². The van der Waals surface area contributed by atoms with E-state index in [4.69, 9.17) is 9.47 Å². The molecule has 12 heteroatoms. The SMILES string of the molecule is CC(C)=C(NC(=O)CNC(=O)CN1CCOCC1)C(=O)NCC(=O)NC(C(=O)C1(C)CO1)=C(C)C. The number of hydrogen-bond donors (Lipinski definition) is 4. The lowest BCUT2D eigenvalue weighted by Crippen LogP contribution is -2.46. The Hall–Kier alpha value is -3.09. The molecule has 194 valence electrons. The number of allylic oxidation sites excluding steroid dienone is 2. The van der Waals surface area contributed by atoms with Gasteiger partial charge in [-0.3, -0.25) is 28.9 Å². The minimum atomic E-state index is -0.930. The first-order chi connectivity index (χ1) is 16.4. The Morgan fingerprint density at radius 3 is 1.83 bits per heavy atom. The summed E-state index contributed by atoms with van der Waals surface area (Å²) in [4.78, 5) is 63.7. The van der Waals surface area contributed by atoms with Crippen molar-refractivity contribution in [3.8, 4) is 0 Å². The second-order valence-electron chi connectivity index (χ2n) is 9.04. The van der Waals surface area contributed by atoms with Crippen molar-refractivity contribution in [2.45, 2.75) is 40.2 Å². The standard InChI is InChI=1S/C23H35N5O7/c1-14(2)19(21(32)23(5)13-35-23)26-17(30)11-25-22(33)20(15(3)4)27-16(29)10-24-18(31)12-28-6-8-34-9-7-28/h6-13H2,1-5H3,(H,24,31)(H,25,33)(H,26,30)(H,27,29). The lowest BCUT2D eigenvalue weighted by Gasteiger charge is -2.25. The second kappa shape index (κ2) is 12.6. The number of carbonyl (C=O) groups is 5. The first-order valence-electron chi connectivity index (χ1n) is 11.4. The van der Waals surface area contributed by atoms with E-state index < -0.39 is 29.9 Å². The lowest BCUT2D eigenvalue weighted by atomic mass is 10.0. The Balaban J connectivity index is 1.81. The zero-order chi connectivity index (χ0) is 26.2. The van der Waals surface area contributed by atoms with Crippen molar-refractivity contribution in [1.82, 2.24) is 26.2 Å². The molecule has 2 fully saturated rings. The van der Waals surface area contributed by atoms with Crippen LogP contribution in [0.3, 0.4) is 0 Å². The molecule has 12 nitrogen and oxygen atoms in total. The topological polar surface area (TPSA) is 158 Å². The van der Waals surface area contributed by atoms with Crippen molar-refractivity contribution in [2.24, 2.45) is 0 Å². The van der Waals surface area contributed by atoms with Crippen LogP contribution >= 0.6 is 0 Å². The van der Waals surface area contributed by atoms with Crippen LogP contribution < -0.4 is 21.3 Å². The normalized spacial score (nSPS) is 19.1. The van der Waals surface area contributed by atoms with E-state index in [-0.39, 0.29) is 42.8 Å². The Morgan fingerprint density at radius 1 is 0.800 bits per heavy atom. The highest BCUT2D eigenvalue weighted by Gasteiger charge is 2.48. The predicted molar refractivity (Wildman–Crippen MR) is 126 cm³/mol. The minimum Gasteiger partial charge on any atom is -0.379 e. The van der Waals surface area contributed by atoms with Crippen LogP contribution in [0, 0.1) is 0 Å². The fraction of sp³-hybridized carbons (Fsp3) is 0.609. The summed E-state index contributed by atoms with van der Waals surface area (Å²) < 4.78 is 10.4. The van der Waals surface area contributed by atoms with Crippen molar-refractivity contribution >= 4 is 29.4 Å². The Kier molecular flexibility index (Phi) is 10.1. The third-order valence-electron chi connectivity index (χ3n) is 5.37. The molecule has 0 aromatic heterocycles. The quantitative estimate of drug-likeness (QED) is 0.205. The molecule has 0 aromatic carbocycles.